The van der Waals surface area contributed by atoms with Gasteiger partial charge in [0.2, 0.25) is 23.6 Å². The van der Waals surface area contributed by atoms with Gasteiger partial charge < -0.3 is 0 Å². The lowest BCUT2D eigenvalue weighted by atomic mass is 9.69. The molecule has 4 amide bonds. The number of nitrogens with one attached hydrogen (secondary N) is 1. The van der Waals surface area contributed by atoms with E-state index in [0.29, 0.717) is 25.7 Å². The van der Waals surface area contributed by atoms with Crippen molar-refractivity contribution in [1.29, 1.82) is 0 Å². The van der Waals surface area contributed by atoms with Gasteiger partial charge in [-0.3, -0.25) is 29.4 Å². The van der Waals surface area contributed by atoms with Gasteiger partial charge in [-0.15, -0.1) is 0 Å². The second-order valence-electron chi connectivity index (χ2n) is 9.79. The lowest BCUT2D eigenvalue weighted by molar-refractivity contribution is -0.151. The number of rotatable bonds is 7. The van der Waals surface area contributed by atoms with Crippen LogP contribution >= 0.6 is 0 Å². The van der Waals surface area contributed by atoms with Crippen molar-refractivity contribution in [3.05, 3.63) is 35.9 Å². The van der Waals surface area contributed by atoms with Gasteiger partial charge in [-0.2, -0.15) is 0 Å². The first kappa shape index (κ1) is 22.7. The Morgan fingerprint density at radius 3 is 1.81 bits per heavy atom. The van der Waals surface area contributed by atoms with Crippen LogP contribution in [-0.4, -0.2) is 34.1 Å². The van der Waals surface area contributed by atoms with E-state index in [0.717, 1.165) is 6.42 Å². The number of carbonyl (C=O) groups excluding carboxylic acids is 4. The molecule has 1 aliphatic carbocycles. The maximum atomic E-state index is 13.7. The molecule has 2 saturated heterocycles. The highest BCUT2D eigenvalue weighted by Crippen LogP contribution is 2.51. The quantitative estimate of drug-likeness (QED) is 0.659. The largest absolute Gasteiger partial charge is 0.296 e. The Labute approximate surface area is 190 Å². The lowest BCUT2D eigenvalue weighted by Gasteiger charge is -2.47. The second-order valence-corrected chi connectivity index (χ2v) is 9.79. The maximum absolute atomic E-state index is 13.7. The zero-order valence-corrected chi connectivity index (χ0v) is 19.5. The van der Waals surface area contributed by atoms with Crippen molar-refractivity contribution in [2.24, 2.45) is 29.6 Å². The highest BCUT2D eigenvalue weighted by molar-refractivity contribution is 6.09. The summed E-state index contributed by atoms with van der Waals surface area (Å²) in [5.74, 6) is -2.56. The third-order valence-electron chi connectivity index (χ3n) is 8.77. The van der Waals surface area contributed by atoms with Crippen molar-refractivity contribution in [2.45, 2.75) is 71.3 Å². The summed E-state index contributed by atoms with van der Waals surface area (Å²) in [6, 6.07) is 10.3. The molecule has 1 aromatic rings. The Hall–Kier alpha value is -2.50. The van der Waals surface area contributed by atoms with Crippen LogP contribution in [0, 0.1) is 29.6 Å². The molecule has 6 nitrogen and oxygen atoms in total. The average molecular weight is 439 g/mol. The topological polar surface area (TPSA) is 83.6 Å². The molecule has 1 saturated carbocycles. The molecule has 0 aromatic heterocycles. The fourth-order valence-electron chi connectivity index (χ4n) is 6.88. The Morgan fingerprint density at radius 2 is 1.38 bits per heavy atom. The molecule has 6 atom stereocenters. The molecule has 4 rings (SSSR count). The standard InChI is InChI=1S/C26H34N2O4/c1-5-17(16-11-9-8-10-12-16)15(4)26(6-2,7-3)28-24(31)20-13-18-19(14-21(20)25(28)32)23(30)27-22(18)29/h8-12,15,17-21H,5-7,13-14H2,1-4H3,(H,27,29,30)/t15?,17?,18-,19?,20?,21?/m1/s1. The summed E-state index contributed by atoms with van der Waals surface area (Å²) in [5.41, 5.74) is 0.630. The summed E-state index contributed by atoms with van der Waals surface area (Å²) in [5, 5.41) is 2.39. The van der Waals surface area contributed by atoms with Crippen LogP contribution in [0.5, 0.6) is 0 Å². The molecular weight excluding hydrogens is 404 g/mol. The minimum atomic E-state index is -0.594. The first-order chi connectivity index (χ1) is 15.3. The van der Waals surface area contributed by atoms with E-state index in [9.17, 15) is 19.2 Å². The number of benzene rings is 1. The molecule has 6 heteroatoms. The molecule has 3 aliphatic rings. The van der Waals surface area contributed by atoms with Crippen LogP contribution in [-0.2, 0) is 19.2 Å². The monoisotopic (exact) mass is 438 g/mol. The van der Waals surface area contributed by atoms with E-state index in [1.54, 1.807) is 4.90 Å². The number of hydrogen-bond acceptors (Lipinski definition) is 4. The van der Waals surface area contributed by atoms with E-state index >= 15 is 0 Å². The normalized spacial score (nSPS) is 29.6. The van der Waals surface area contributed by atoms with Crippen molar-refractivity contribution in [3.63, 3.8) is 0 Å². The van der Waals surface area contributed by atoms with Crippen LogP contribution in [0.25, 0.3) is 0 Å². The van der Waals surface area contributed by atoms with E-state index in [4.69, 9.17) is 0 Å². The Balaban J connectivity index is 1.69. The minimum Gasteiger partial charge on any atom is -0.296 e. The zero-order valence-electron chi connectivity index (χ0n) is 19.5. The van der Waals surface area contributed by atoms with Gasteiger partial charge in [-0.1, -0.05) is 58.0 Å². The van der Waals surface area contributed by atoms with Crippen LogP contribution in [0.3, 0.4) is 0 Å². The molecule has 172 valence electrons. The molecular formula is C26H34N2O4. The van der Waals surface area contributed by atoms with Crippen molar-refractivity contribution in [2.75, 3.05) is 0 Å². The van der Waals surface area contributed by atoms with Crippen molar-refractivity contribution in [3.8, 4) is 0 Å². The molecule has 2 aliphatic heterocycles. The fourth-order valence-corrected chi connectivity index (χ4v) is 6.88. The first-order valence-electron chi connectivity index (χ1n) is 12.1. The summed E-state index contributed by atoms with van der Waals surface area (Å²) in [7, 11) is 0. The van der Waals surface area contributed by atoms with E-state index in [2.05, 4.69) is 45.1 Å². The average Bonchev–Trinajstić information content (AvgIpc) is 3.22. The predicted molar refractivity (Wildman–Crippen MR) is 120 cm³/mol. The highest BCUT2D eigenvalue weighted by atomic mass is 16.2. The van der Waals surface area contributed by atoms with Gasteiger partial charge in [-0.25, -0.2) is 0 Å². The Morgan fingerprint density at radius 1 is 0.875 bits per heavy atom. The number of hydrogen-bond donors (Lipinski definition) is 1. The van der Waals surface area contributed by atoms with Crippen LogP contribution < -0.4 is 5.32 Å². The van der Waals surface area contributed by atoms with Gasteiger partial charge >= 0.3 is 0 Å². The number of carbonyl (C=O) groups is 4. The molecule has 1 N–H and O–H groups in total. The number of fused-ring (bicyclic) bond motifs is 2. The predicted octanol–water partition coefficient (Wildman–Crippen LogP) is 3.66. The fraction of sp³-hybridized carbons (Fsp3) is 0.615. The minimum absolute atomic E-state index is 0.0717. The molecule has 5 unspecified atom stereocenters. The smallest absolute Gasteiger partial charge is 0.233 e. The van der Waals surface area contributed by atoms with E-state index in [-0.39, 0.29) is 35.5 Å². The first-order valence-corrected chi connectivity index (χ1v) is 12.1. The van der Waals surface area contributed by atoms with Crippen LogP contribution in [0.2, 0.25) is 0 Å². The van der Waals surface area contributed by atoms with Crippen LogP contribution in [0.1, 0.15) is 71.3 Å². The summed E-state index contributed by atoms with van der Waals surface area (Å²) in [6.45, 7) is 8.45. The Kier molecular flexibility index (Phi) is 5.99. The summed E-state index contributed by atoms with van der Waals surface area (Å²) >= 11 is 0. The third kappa shape index (κ3) is 3.22. The third-order valence-corrected chi connectivity index (χ3v) is 8.77. The van der Waals surface area contributed by atoms with Crippen LogP contribution in [0.15, 0.2) is 30.3 Å². The van der Waals surface area contributed by atoms with Gasteiger partial charge in [0.15, 0.2) is 0 Å². The number of imide groups is 2. The van der Waals surface area contributed by atoms with E-state index < -0.39 is 29.2 Å². The van der Waals surface area contributed by atoms with Gasteiger partial charge in [0.25, 0.3) is 0 Å². The van der Waals surface area contributed by atoms with Crippen molar-refractivity contribution in [1.82, 2.24) is 10.2 Å². The second kappa shape index (κ2) is 8.45. The van der Waals surface area contributed by atoms with E-state index in [1.807, 2.05) is 18.2 Å². The lowest BCUT2D eigenvalue weighted by Crippen LogP contribution is -2.57. The van der Waals surface area contributed by atoms with Crippen molar-refractivity contribution < 1.29 is 19.2 Å². The summed E-state index contributed by atoms with van der Waals surface area (Å²) < 4.78 is 0. The zero-order chi connectivity index (χ0) is 23.2. The highest BCUT2D eigenvalue weighted by Gasteiger charge is 2.61. The van der Waals surface area contributed by atoms with Crippen molar-refractivity contribution >= 4 is 23.6 Å². The molecule has 32 heavy (non-hydrogen) atoms. The van der Waals surface area contributed by atoms with E-state index in [1.165, 1.54) is 5.56 Å². The maximum Gasteiger partial charge on any atom is 0.233 e. The van der Waals surface area contributed by atoms with Crippen LogP contribution in [0.4, 0.5) is 0 Å². The van der Waals surface area contributed by atoms with Gasteiger partial charge in [-0.05, 0) is 49.5 Å². The van der Waals surface area contributed by atoms with Gasteiger partial charge in [0.1, 0.15) is 0 Å². The molecule has 0 bridgehead atoms. The summed E-state index contributed by atoms with van der Waals surface area (Å²) in [4.78, 5) is 53.5. The summed E-state index contributed by atoms with van der Waals surface area (Å²) in [6.07, 6.45) is 2.85. The number of amides is 4. The number of nitrogens with zero attached hydrogens (tertiary/aromatic N) is 1. The SMILES string of the molecule is CCC(c1ccccc1)C(C)C(CC)(CC)N1C(=O)C2CC3C(=O)NC(=O)[C@@H]3CC2C1=O. The Bertz CT molecular complexity index is 883. The molecule has 1 aromatic carbocycles. The molecule has 0 spiro atoms. The molecule has 0 radical (unpaired) electrons. The van der Waals surface area contributed by atoms with Gasteiger partial charge in [0.05, 0.1) is 29.2 Å². The molecule has 2 heterocycles. The molecule has 3 fully saturated rings. The number of likely N-dealkylation sites (tertiary alicyclic amines) is 1. The van der Waals surface area contributed by atoms with Gasteiger partial charge in [0, 0.05) is 0 Å².